The lowest BCUT2D eigenvalue weighted by atomic mass is 9.92. The Balaban J connectivity index is 0.00000387. The van der Waals surface area contributed by atoms with Gasteiger partial charge in [0.15, 0.2) is 11.6 Å². The normalized spacial score (nSPS) is 16.9. The number of rotatable bonds is 9. The molecule has 41 heavy (non-hydrogen) atoms. The molecule has 4 aromatic rings. The Morgan fingerprint density at radius 2 is 1.76 bits per heavy atom. The van der Waals surface area contributed by atoms with E-state index in [9.17, 15) is 8.42 Å². The summed E-state index contributed by atoms with van der Waals surface area (Å²) in [6.45, 7) is 1.64. The molecule has 0 radical (unpaired) electrons. The number of nitrogens with one attached hydrogen (secondary N) is 2. The second-order valence-electron chi connectivity index (χ2n) is 9.93. The highest BCUT2D eigenvalue weighted by Gasteiger charge is 2.21. The molecule has 1 aliphatic rings. The molecule has 216 valence electrons. The minimum atomic E-state index is -3.75. The number of halogens is 2. The van der Waals surface area contributed by atoms with Gasteiger partial charge in [-0.05, 0) is 68.0 Å². The number of aryl methyl sites for hydroxylation is 1. The van der Waals surface area contributed by atoms with Crippen molar-refractivity contribution in [3.63, 3.8) is 0 Å². The van der Waals surface area contributed by atoms with E-state index < -0.39 is 15.8 Å². The molecule has 1 aliphatic carbocycles. The summed E-state index contributed by atoms with van der Waals surface area (Å²) in [5.74, 6) is -0.363. The van der Waals surface area contributed by atoms with Crippen molar-refractivity contribution < 1.29 is 17.5 Å². The summed E-state index contributed by atoms with van der Waals surface area (Å²) in [5.41, 5.74) is 8.27. The molecule has 0 saturated heterocycles. The van der Waals surface area contributed by atoms with E-state index in [2.05, 4.69) is 25.0 Å². The SMILES string of the molecule is Cc1cc(NS(=O)(=O)Cc2ccccc2)cc(F)c1Oc1ncccc1-c1ccnc(NC2CCC(N)CC2)n1.Cl. The van der Waals surface area contributed by atoms with E-state index in [1.807, 2.05) is 6.07 Å². The lowest BCUT2D eigenvalue weighted by molar-refractivity contribution is 0.410. The maximum absolute atomic E-state index is 15.3. The molecule has 1 saturated carbocycles. The van der Waals surface area contributed by atoms with Gasteiger partial charge in [-0.15, -0.1) is 12.4 Å². The van der Waals surface area contributed by atoms with Gasteiger partial charge in [0.2, 0.25) is 21.9 Å². The maximum atomic E-state index is 15.3. The molecular formula is C29H32ClFN6O3S. The van der Waals surface area contributed by atoms with Gasteiger partial charge in [-0.2, -0.15) is 0 Å². The summed E-state index contributed by atoms with van der Waals surface area (Å²) < 4.78 is 48.9. The van der Waals surface area contributed by atoms with Gasteiger partial charge in [0.1, 0.15) is 0 Å². The monoisotopic (exact) mass is 598 g/mol. The number of nitrogens with zero attached hydrogens (tertiary/aromatic N) is 3. The van der Waals surface area contributed by atoms with E-state index >= 15 is 4.39 Å². The summed E-state index contributed by atoms with van der Waals surface area (Å²) in [5, 5.41) is 3.38. The first-order chi connectivity index (χ1) is 19.3. The fraction of sp³-hybridized carbons (Fsp3) is 0.276. The maximum Gasteiger partial charge on any atom is 0.236 e. The second kappa shape index (κ2) is 13.2. The van der Waals surface area contributed by atoms with Crippen LogP contribution in [0.1, 0.15) is 36.8 Å². The first kappa shape index (κ1) is 30.2. The molecule has 0 unspecified atom stereocenters. The van der Waals surface area contributed by atoms with E-state index in [1.165, 1.54) is 6.07 Å². The quantitative estimate of drug-likeness (QED) is 0.219. The number of benzene rings is 2. The molecular weight excluding hydrogens is 567 g/mol. The minimum Gasteiger partial charge on any atom is -0.435 e. The molecule has 0 spiro atoms. The van der Waals surface area contributed by atoms with Crippen LogP contribution < -0.4 is 20.5 Å². The largest absolute Gasteiger partial charge is 0.435 e. The smallest absolute Gasteiger partial charge is 0.236 e. The molecule has 0 aliphatic heterocycles. The van der Waals surface area contributed by atoms with Gasteiger partial charge in [-0.1, -0.05) is 30.3 Å². The van der Waals surface area contributed by atoms with Crippen LogP contribution in [0, 0.1) is 12.7 Å². The Bertz CT molecular complexity index is 1560. The first-order valence-electron chi connectivity index (χ1n) is 13.1. The molecule has 9 nitrogen and oxygen atoms in total. The Labute approximate surface area is 245 Å². The molecule has 4 N–H and O–H groups in total. The number of nitrogens with two attached hydrogens (primary N) is 1. The van der Waals surface area contributed by atoms with Crippen LogP contribution >= 0.6 is 12.4 Å². The topological polar surface area (TPSA) is 132 Å². The second-order valence-corrected chi connectivity index (χ2v) is 11.7. The van der Waals surface area contributed by atoms with Gasteiger partial charge in [0.25, 0.3) is 0 Å². The first-order valence-corrected chi connectivity index (χ1v) is 14.7. The van der Waals surface area contributed by atoms with Crippen LogP contribution in [0.2, 0.25) is 0 Å². The van der Waals surface area contributed by atoms with Crippen molar-refractivity contribution in [2.24, 2.45) is 5.73 Å². The van der Waals surface area contributed by atoms with Crippen molar-refractivity contribution in [3.8, 4) is 22.9 Å². The van der Waals surface area contributed by atoms with Crippen LogP contribution in [-0.2, 0) is 15.8 Å². The van der Waals surface area contributed by atoms with Crippen LogP contribution in [0.3, 0.4) is 0 Å². The summed E-state index contributed by atoms with van der Waals surface area (Å²) >= 11 is 0. The van der Waals surface area contributed by atoms with Crippen LogP contribution in [0.15, 0.2) is 73.1 Å². The molecule has 5 rings (SSSR count). The third kappa shape index (κ3) is 7.90. The van der Waals surface area contributed by atoms with Crippen molar-refractivity contribution in [1.82, 2.24) is 15.0 Å². The summed E-state index contributed by atoms with van der Waals surface area (Å²) in [4.78, 5) is 13.3. The standard InChI is InChI=1S/C29H31FN6O3S.ClH/c1-19-16-23(36-40(37,38)18-20-6-3-2-4-7-20)17-25(30)27(19)39-28-24(8-5-14-32-28)26-13-15-33-29(35-26)34-22-11-9-21(31)10-12-22;/h2-8,13-17,21-22,36H,9-12,18,31H2,1H3,(H,33,34,35);1H. The van der Waals surface area contributed by atoms with Crippen LogP contribution in [0.25, 0.3) is 11.3 Å². The number of anilines is 2. The van der Waals surface area contributed by atoms with Gasteiger partial charge in [0, 0.05) is 30.5 Å². The Hall–Kier alpha value is -3.80. The number of hydrogen-bond donors (Lipinski definition) is 3. The Kier molecular flexibility index (Phi) is 9.74. The van der Waals surface area contributed by atoms with E-state index in [4.69, 9.17) is 10.5 Å². The highest BCUT2D eigenvalue weighted by molar-refractivity contribution is 7.91. The van der Waals surface area contributed by atoms with Crippen molar-refractivity contribution in [2.45, 2.75) is 50.4 Å². The molecule has 12 heteroatoms. The zero-order valence-electron chi connectivity index (χ0n) is 22.5. The number of pyridine rings is 1. The highest BCUT2D eigenvalue weighted by Crippen LogP contribution is 2.35. The fourth-order valence-electron chi connectivity index (χ4n) is 4.72. The van der Waals surface area contributed by atoms with Gasteiger partial charge in [-0.3, -0.25) is 4.72 Å². The average Bonchev–Trinajstić information content (AvgIpc) is 2.92. The fourth-order valence-corrected chi connectivity index (χ4v) is 5.90. The van der Waals surface area contributed by atoms with Crippen molar-refractivity contribution in [1.29, 1.82) is 0 Å². The lowest BCUT2D eigenvalue weighted by Crippen LogP contribution is -2.33. The van der Waals surface area contributed by atoms with Gasteiger partial charge < -0.3 is 15.8 Å². The van der Waals surface area contributed by atoms with Gasteiger partial charge >= 0.3 is 0 Å². The van der Waals surface area contributed by atoms with Crippen LogP contribution in [0.5, 0.6) is 11.6 Å². The van der Waals surface area contributed by atoms with Gasteiger partial charge in [0.05, 0.1) is 22.7 Å². The molecule has 0 amide bonds. The minimum absolute atomic E-state index is 0. The summed E-state index contributed by atoms with van der Waals surface area (Å²) in [6, 6.07) is 17.1. The van der Waals surface area contributed by atoms with Gasteiger partial charge in [-0.25, -0.2) is 27.8 Å². The van der Waals surface area contributed by atoms with E-state index in [0.717, 1.165) is 31.7 Å². The van der Waals surface area contributed by atoms with Crippen LogP contribution in [-0.4, -0.2) is 35.5 Å². The predicted molar refractivity (Wildman–Crippen MR) is 160 cm³/mol. The Morgan fingerprint density at radius 3 is 2.49 bits per heavy atom. The molecule has 0 bridgehead atoms. The number of aromatic nitrogens is 3. The third-order valence-electron chi connectivity index (χ3n) is 6.71. The zero-order chi connectivity index (χ0) is 28.1. The number of hydrogen-bond acceptors (Lipinski definition) is 8. The van der Waals surface area contributed by atoms with Crippen molar-refractivity contribution in [3.05, 3.63) is 90.0 Å². The molecule has 2 aromatic heterocycles. The predicted octanol–water partition coefficient (Wildman–Crippen LogP) is 5.82. The zero-order valence-corrected chi connectivity index (χ0v) is 24.1. The number of ether oxygens (including phenoxy) is 1. The summed E-state index contributed by atoms with van der Waals surface area (Å²) in [6.07, 6.45) is 7.01. The van der Waals surface area contributed by atoms with E-state index in [-0.39, 0.29) is 47.6 Å². The molecule has 2 aromatic carbocycles. The van der Waals surface area contributed by atoms with Crippen LogP contribution in [0.4, 0.5) is 16.0 Å². The lowest BCUT2D eigenvalue weighted by Gasteiger charge is -2.26. The molecule has 2 heterocycles. The van der Waals surface area contributed by atoms with Crippen molar-refractivity contribution in [2.75, 3.05) is 10.0 Å². The average molecular weight is 599 g/mol. The Morgan fingerprint density at radius 1 is 1.00 bits per heavy atom. The van der Waals surface area contributed by atoms with E-state index in [1.54, 1.807) is 61.8 Å². The third-order valence-corrected chi connectivity index (χ3v) is 7.97. The molecule has 0 atom stereocenters. The molecule has 1 fully saturated rings. The highest BCUT2D eigenvalue weighted by atomic mass is 35.5. The van der Waals surface area contributed by atoms with Crippen molar-refractivity contribution >= 4 is 34.1 Å². The number of sulfonamides is 1. The van der Waals surface area contributed by atoms with E-state index in [0.29, 0.717) is 28.3 Å². The summed E-state index contributed by atoms with van der Waals surface area (Å²) in [7, 11) is -3.75.